The summed E-state index contributed by atoms with van der Waals surface area (Å²) in [7, 11) is 0. The van der Waals surface area contributed by atoms with Gasteiger partial charge in [-0.2, -0.15) is 0 Å². The standard InChI is InChI=1S/C29H31ClN4O2S/c1-19-6-11-25(24(30)18-19)31-28(35)20(2)37-29-32-26-5-3-4-23(27(26)33-29)22-9-7-21(8-10-22)12-13-34-14-16-36-17-15-34/h3-11,18,20H,12-17H2,1-2H3,(H,31,35)(H,32,33)/t20-/m0/s1. The zero-order chi connectivity index (χ0) is 25.8. The third kappa shape index (κ3) is 6.36. The van der Waals surface area contributed by atoms with Gasteiger partial charge in [-0.15, -0.1) is 0 Å². The predicted molar refractivity (Wildman–Crippen MR) is 153 cm³/mol. The van der Waals surface area contributed by atoms with Crippen molar-refractivity contribution < 1.29 is 9.53 Å². The van der Waals surface area contributed by atoms with Gasteiger partial charge in [0.05, 0.1) is 40.2 Å². The van der Waals surface area contributed by atoms with Crippen molar-refractivity contribution in [1.29, 1.82) is 0 Å². The summed E-state index contributed by atoms with van der Waals surface area (Å²) in [4.78, 5) is 23.5. The summed E-state index contributed by atoms with van der Waals surface area (Å²) in [6.07, 6.45) is 1.03. The molecule has 0 saturated carbocycles. The van der Waals surface area contributed by atoms with Crippen molar-refractivity contribution in [2.45, 2.75) is 30.7 Å². The molecule has 0 radical (unpaired) electrons. The Labute approximate surface area is 226 Å². The second-order valence-corrected chi connectivity index (χ2v) is 11.1. The lowest BCUT2D eigenvalue weighted by Crippen LogP contribution is -2.37. The van der Waals surface area contributed by atoms with E-state index in [1.807, 2.05) is 44.2 Å². The first kappa shape index (κ1) is 25.8. The Kier molecular flexibility index (Phi) is 8.15. The molecule has 5 rings (SSSR count). The molecule has 1 amide bonds. The number of H-pyrrole nitrogens is 1. The number of carbonyl (C=O) groups is 1. The van der Waals surface area contributed by atoms with Crippen LogP contribution < -0.4 is 5.32 Å². The highest BCUT2D eigenvalue weighted by Crippen LogP contribution is 2.31. The first-order chi connectivity index (χ1) is 18.0. The van der Waals surface area contributed by atoms with Crippen LogP contribution in [0.15, 0.2) is 65.8 Å². The monoisotopic (exact) mass is 534 g/mol. The van der Waals surface area contributed by atoms with Crippen LogP contribution in [-0.4, -0.2) is 58.9 Å². The van der Waals surface area contributed by atoms with Gasteiger partial charge in [0.15, 0.2) is 5.16 Å². The SMILES string of the molecule is Cc1ccc(NC(=O)[C@H](C)Sc2nc3c(-c4ccc(CCN5CCOCC5)cc4)cccc3[nH]2)c(Cl)c1. The highest BCUT2D eigenvalue weighted by atomic mass is 35.5. The number of morpholine rings is 1. The summed E-state index contributed by atoms with van der Waals surface area (Å²) < 4.78 is 5.44. The number of hydrogen-bond donors (Lipinski definition) is 2. The molecule has 1 aromatic heterocycles. The van der Waals surface area contributed by atoms with Crippen LogP contribution in [-0.2, 0) is 16.0 Å². The molecule has 1 aliphatic rings. The summed E-state index contributed by atoms with van der Waals surface area (Å²) in [5, 5.41) is 3.81. The molecule has 6 nitrogen and oxygen atoms in total. The van der Waals surface area contributed by atoms with Gasteiger partial charge in [-0.05, 0) is 55.2 Å². The van der Waals surface area contributed by atoms with Gasteiger partial charge in [0.1, 0.15) is 0 Å². The minimum absolute atomic E-state index is 0.121. The molecular formula is C29H31ClN4O2S. The third-order valence-electron chi connectivity index (χ3n) is 6.62. The first-order valence-corrected chi connectivity index (χ1v) is 13.8. The zero-order valence-electron chi connectivity index (χ0n) is 21.1. The number of nitrogens with zero attached hydrogens (tertiary/aromatic N) is 2. The van der Waals surface area contributed by atoms with Gasteiger partial charge < -0.3 is 15.0 Å². The number of carbonyl (C=O) groups excluding carboxylic acids is 1. The van der Waals surface area contributed by atoms with Gasteiger partial charge in [-0.25, -0.2) is 4.98 Å². The Bertz CT molecular complexity index is 1380. The molecule has 1 aliphatic heterocycles. The van der Waals surface area contributed by atoms with E-state index in [0.29, 0.717) is 15.9 Å². The molecule has 1 saturated heterocycles. The predicted octanol–water partition coefficient (Wildman–Crippen LogP) is 6.19. The molecule has 4 aromatic rings. The van der Waals surface area contributed by atoms with E-state index in [0.717, 1.165) is 67.0 Å². The van der Waals surface area contributed by atoms with Crippen LogP contribution in [0.5, 0.6) is 0 Å². The van der Waals surface area contributed by atoms with Crippen LogP contribution in [0.4, 0.5) is 5.69 Å². The molecular weight excluding hydrogens is 504 g/mol. The summed E-state index contributed by atoms with van der Waals surface area (Å²) in [5.41, 5.74) is 7.05. The lowest BCUT2D eigenvalue weighted by molar-refractivity contribution is -0.115. The van der Waals surface area contributed by atoms with Crippen LogP contribution in [0.3, 0.4) is 0 Å². The summed E-state index contributed by atoms with van der Waals surface area (Å²) in [6.45, 7) is 8.58. The van der Waals surface area contributed by atoms with Gasteiger partial charge in [0.25, 0.3) is 0 Å². The van der Waals surface area contributed by atoms with E-state index in [-0.39, 0.29) is 11.2 Å². The number of aromatic nitrogens is 2. The van der Waals surface area contributed by atoms with Gasteiger partial charge >= 0.3 is 0 Å². The van der Waals surface area contributed by atoms with Crippen molar-refractivity contribution in [1.82, 2.24) is 14.9 Å². The van der Waals surface area contributed by atoms with Crippen LogP contribution in [0.1, 0.15) is 18.1 Å². The minimum atomic E-state index is -0.355. The van der Waals surface area contributed by atoms with Crippen molar-refractivity contribution >= 4 is 46.0 Å². The summed E-state index contributed by atoms with van der Waals surface area (Å²) in [6, 6.07) is 20.5. The fourth-order valence-corrected chi connectivity index (χ4v) is 5.53. The number of nitrogens with one attached hydrogen (secondary N) is 2. The van der Waals surface area contributed by atoms with Crippen molar-refractivity contribution in [3.05, 3.63) is 76.8 Å². The average Bonchev–Trinajstić information content (AvgIpc) is 3.32. The van der Waals surface area contributed by atoms with E-state index in [1.54, 1.807) is 0 Å². The van der Waals surface area contributed by atoms with E-state index in [4.69, 9.17) is 21.3 Å². The summed E-state index contributed by atoms with van der Waals surface area (Å²) in [5.74, 6) is -0.121. The second-order valence-electron chi connectivity index (χ2n) is 9.38. The number of hydrogen-bond acceptors (Lipinski definition) is 5. The number of halogens is 1. The van der Waals surface area contributed by atoms with Gasteiger partial charge in [-0.3, -0.25) is 9.69 Å². The quantitative estimate of drug-likeness (QED) is 0.264. The average molecular weight is 535 g/mol. The number of thioether (sulfide) groups is 1. The van der Waals surface area contributed by atoms with Gasteiger partial charge in [0, 0.05) is 25.2 Å². The molecule has 8 heteroatoms. The van der Waals surface area contributed by atoms with Crippen molar-refractivity contribution in [3.8, 4) is 11.1 Å². The lowest BCUT2D eigenvalue weighted by atomic mass is 10.0. The number of aryl methyl sites for hydroxylation is 1. The fraction of sp³-hybridized carbons (Fsp3) is 0.310. The molecule has 0 bridgehead atoms. The van der Waals surface area contributed by atoms with E-state index in [2.05, 4.69) is 45.5 Å². The third-order valence-corrected chi connectivity index (χ3v) is 7.91. The Balaban J connectivity index is 1.26. The molecule has 0 aliphatic carbocycles. The maximum absolute atomic E-state index is 12.8. The lowest BCUT2D eigenvalue weighted by Gasteiger charge is -2.26. The van der Waals surface area contributed by atoms with Crippen LogP contribution in [0.2, 0.25) is 5.02 Å². The Morgan fingerprint density at radius 1 is 1.16 bits per heavy atom. The van der Waals surface area contributed by atoms with Crippen LogP contribution >= 0.6 is 23.4 Å². The number of amides is 1. The van der Waals surface area contributed by atoms with Crippen LogP contribution in [0, 0.1) is 6.92 Å². The Hall–Kier alpha value is -2.84. The highest BCUT2D eigenvalue weighted by molar-refractivity contribution is 8.00. The maximum atomic E-state index is 12.8. The molecule has 2 heterocycles. The molecule has 2 N–H and O–H groups in total. The van der Waals surface area contributed by atoms with Crippen molar-refractivity contribution in [2.75, 3.05) is 38.2 Å². The molecule has 3 aromatic carbocycles. The number of rotatable bonds is 8. The molecule has 0 spiro atoms. The van der Waals surface area contributed by atoms with Crippen molar-refractivity contribution in [2.24, 2.45) is 0 Å². The number of ether oxygens (including phenoxy) is 1. The number of anilines is 1. The normalized spacial score (nSPS) is 15.1. The van der Waals surface area contributed by atoms with Gasteiger partial charge in [0.2, 0.25) is 5.91 Å². The Morgan fingerprint density at radius 3 is 2.70 bits per heavy atom. The summed E-state index contributed by atoms with van der Waals surface area (Å²) >= 11 is 7.68. The highest BCUT2D eigenvalue weighted by Gasteiger charge is 2.19. The number of para-hydroxylation sites is 1. The first-order valence-electron chi connectivity index (χ1n) is 12.6. The van der Waals surface area contributed by atoms with Gasteiger partial charge in [-0.1, -0.05) is 65.8 Å². The number of aromatic amines is 1. The van der Waals surface area contributed by atoms with E-state index >= 15 is 0 Å². The number of benzene rings is 3. The molecule has 1 atom stereocenters. The second kappa shape index (κ2) is 11.7. The molecule has 37 heavy (non-hydrogen) atoms. The van der Waals surface area contributed by atoms with Crippen LogP contribution in [0.25, 0.3) is 22.2 Å². The van der Waals surface area contributed by atoms with E-state index < -0.39 is 0 Å². The number of imidazole rings is 1. The Morgan fingerprint density at radius 2 is 1.95 bits per heavy atom. The fourth-order valence-electron chi connectivity index (χ4n) is 4.44. The minimum Gasteiger partial charge on any atom is -0.379 e. The van der Waals surface area contributed by atoms with E-state index in [9.17, 15) is 4.79 Å². The topological polar surface area (TPSA) is 70.2 Å². The molecule has 1 fully saturated rings. The maximum Gasteiger partial charge on any atom is 0.237 e. The molecule has 192 valence electrons. The number of fused-ring (bicyclic) bond motifs is 1. The van der Waals surface area contributed by atoms with E-state index in [1.165, 1.54) is 17.3 Å². The smallest absolute Gasteiger partial charge is 0.237 e. The van der Waals surface area contributed by atoms with Crippen molar-refractivity contribution in [3.63, 3.8) is 0 Å². The largest absolute Gasteiger partial charge is 0.379 e. The molecule has 0 unspecified atom stereocenters. The zero-order valence-corrected chi connectivity index (χ0v) is 22.7.